The van der Waals surface area contributed by atoms with Crippen molar-refractivity contribution in [1.82, 2.24) is 4.90 Å². The predicted molar refractivity (Wildman–Crippen MR) is 73.1 cm³/mol. The SMILES string of the molecule is CN(C(=O)OC(C)(C)C)C(C)(C)O[C@@H]1OCCCC1=O. The van der Waals surface area contributed by atoms with Gasteiger partial charge >= 0.3 is 6.09 Å². The number of ether oxygens (including phenoxy) is 3. The summed E-state index contributed by atoms with van der Waals surface area (Å²) in [4.78, 5) is 25.1. The van der Waals surface area contributed by atoms with E-state index in [2.05, 4.69) is 0 Å². The maximum absolute atomic E-state index is 12.0. The first-order valence-corrected chi connectivity index (χ1v) is 6.82. The van der Waals surface area contributed by atoms with Crippen molar-refractivity contribution < 1.29 is 23.8 Å². The minimum atomic E-state index is -1.00. The second kappa shape index (κ2) is 6.10. The fraction of sp³-hybridized carbons (Fsp3) is 0.857. The first-order chi connectivity index (χ1) is 9.03. The molecular weight excluding hydrogens is 262 g/mol. The van der Waals surface area contributed by atoms with E-state index in [1.165, 1.54) is 4.90 Å². The van der Waals surface area contributed by atoms with Gasteiger partial charge in [-0.05, 0) is 41.0 Å². The number of hydrogen-bond donors (Lipinski definition) is 0. The van der Waals surface area contributed by atoms with Crippen molar-refractivity contribution in [2.45, 2.75) is 65.1 Å². The zero-order chi connectivity index (χ0) is 15.6. The van der Waals surface area contributed by atoms with E-state index in [4.69, 9.17) is 14.2 Å². The third kappa shape index (κ3) is 4.76. The van der Waals surface area contributed by atoms with E-state index in [-0.39, 0.29) is 5.78 Å². The van der Waals surface area contributed by atoms with Gasteiger partial charge in [0, 0.05) is 13.5 Å². The summed E-state index contributed by atoms with van der Waals surface area (Å²) in [5.74, 6) is -0.0955. The normalized spacial score (nSPS) is 20.7. The Morgan fingerprint density at radius 3 is 2.40 bits per heavy atom. The highest BCUT2D eigenvalue weighted by atomic mass is 16.7. The zero-order valence-corrected chi connectivity index (χ0v) is 13.2. The molecule has 0 spiro atoms. The van der Waals surface area contributed by atoms with Gasteiger partial charge in [0.1, 0.15) is 11.3 Å². The van der Waals surface area contributed by atoms with Crippen molar-refractivity contribution in [3.05, 3.63) is 0 Å². The fourth-order valence-electron chi connectivity index (χ4n) is 1.64. The number of hydrogen-bond acceptors (Lipinski definition) is 5. The maximum atomic E-state index is 12.0. The van der Waals surface area contributed by atoms with Crippen LogP contribution >= 0.6 is 0 Å². The van der Waals surface area contributed by atoms with Gasteiger partial charge in [-0.25, -0.2) is 4.79 Å². The smallest absolute Gasteiger partial charge is 0.412 e. The van der Waals surface area contributed by atoms with E-state index in [1.54, 1.807) is 41.7 Å². The molecule has 1 saturated heterocycles. The molecule has 0 aromatic rings. The van der Waals surface area contributed by atoms with E-state index in [0.29, 0.717) is 19.4 Å². The number of rotatable bonds is 3. The average Bonchev–Trinajstić information content (AvgIpc) is 2.28. The number of carbonyl (C=O) groups excluding carboxylic acids is 2. The van der Waals surface area contributed by atoms with Crippen LogP contribution in [0.4, 0.5) is 4.79 Å². The number of amides is 1. The second-order valence-electron chi connectivity index (χ2n) is 6.38. The summed E-state index contributed by atoms with van der Waals surface area (Å²) in [5, 5.41) is 0. The lowest BCUT2D eigenvalue weighted by atomic mass is 10.1. The Bertz CT molecular complexity index is 372. The number of ketones is 1. The Labute approximate surface area is 120 Å². The van der Waals surface area contributed by atoms with Gasteiger partial charge < -0.3 is 14.2 Å². The lowest BCUT2D eigenvalue weighted by molar-refractivity contribution is -0.238. The molecule has 0 radical (unpaired) electrons. The van der Waals surface area contributed by atoms with Crippen LogP contribution < -0.4 is 0 Å². The van der Waals surface area contributed by atoms with Gasteiger partial charge in [-0.3, -0.25) is 9.69 Å². The molecule has 1 amide bonds. The Kier molecular flexibility index (Phi) is 5.15. The molecule has 0 aliphatic carbocycles. The van der Waals surface area contributed by atoms with E-state index >= 15 is 0 Å². The molecule has 0 N–H and O–H groups in total. The van der Waals surface area contributed by atoms with Gasteiger partial charge in [0.2, 0.25) is 6.29 Å². The quantitative estimate of drug-likeness (QED) is 0.745. The van der Waals surface area contributed by atoms with Gasteiger partial charge in [-0.15, -0.1) is 0 Å². The van der Waals surface area contributed by atoms with E-state index in [1.807, 2.05) is 0 Å². The van der Waals surface area contributed by atoms with Crippen LogP contribution in [0, 0.1) is 0 Å². The third-order valence-corrected chi connectivity index (χ3v) is 2.97. The lowest BCUT2D eigenvalue weighted by Crippen LogP contribution is -2.52. The van der Waals surface area contributed by atoms with Gasteiger partial charge in [-0.1, -0.05) is 0 Å². The molecule has 116 valence electrons. The van der Waals surface area contributed by atoms with Crippen molar-refractivity contribution in [2.75, 3.05) is 13.7 Å². The largest absolute Gasteiger partial charge is 0.444 e. The van der Waals surface area contributed by atoms with Crippen molar-refractivity contribution in [1.29, 1.82) is 0 Å². The van der Waals surface area contributed by atoms with E-state index < -0.39 is 23.7 Å². The van der Waals surface area contributed by atoms with Crippen LogP contribution in [0.15, 0.2) is 0 Å². The Morgan fingerprint density at radius 1 is 1.30 bits per heavy atom. The Hall–Kier alpha value is -1.14. The van der Waals surface area contributed by atoms with Crippen LogP contribution in [0.2, 0.25) is 0 Å². The van der Waals surface area contributed by atoms with Crippen LogP contribution in [-0.4, -0.2) is 48.0 Å². The summed E-state index contributed by atoms with van der Waals surface area (Å²) in [6, 6.07) is 0. The number of nitrogens with zero attached hydrogens (tertiary/aromatic N) is 1. The van der Waals surface area contributed by atoms with Crippen LogP contribution in [0.25, 0.3) is 0 Å². The van der Waals surface area contributed by atoms with Crippen LogP contribution in [0.3, 0.4) is 0 Å². The molecule has 1 aliphatic heterocycles. The molecule has 1 fully saturated rings. The first-order valence-electron chi connectivity index (χ1n) is 6.82. The van der Waals surface area contributed by atoms with Gasteiger partial charge in [0.15, 0.2) is 5.78 Å². The molecule has 0 bridgehead atoms. The molecule has 0 saturated carbocycles. The first kappa shape index (κ1) is 16.9. The van der Waals surface area contributed by atoms with Crippen molar-refractivity contribution in [2.24, 2.45) is 0 Å². The fourth-order valence-corrected chi connectivity index (χ4v) is 1.64. The minimum absolute atomic E-state index is 0.0955. The topological polar surface area (TPSA) is 65.1 Å². The van der Waals surface area contributed by atoms with Crippen LogP contribution in [-0.2, 0) is 19.0 Å². The number of carbonyl (C=O) groups is 2. The predicted octanol–water partition coefficient (Wildman–Crippen LogP) is 2.31. The van der Waals surface area contributed by atoms with Gasteiger partial charge in [-0.2, -0.15) is 0 Å². The summed E-state index contributed by atoms with van der Waals surface area (Å²) >= 11 is 0. The molecule has 1 aliphatic rings. The second-order valence-corrected chi connectivity index (χ2v) is 6.38. The lowest BCUT2D eigenvalue weighted by Gasteiger charge is -2.38. The molecule has 6 nitrogen and oxygen atoms in total. The van der Waals surface area contributed by atoms with E-state index in [9.17, 15) is 9.59 Å². The molecule has 0 aromatic heterocycles. The van der Waals surface area contributed by atoms with Gasteiger partial charge in [0.25, 0.3) is 0 Å². The van der Waals surface area contributed by atoms with E-state index in [0.717, 1.165) is 0 Å². The minimum Gasteiger partial charge on any atom is -0.444 e. The molecular formula is C14H25NO5. The highest BCUT2D eigenvalue weighted by molar-refractivity contribution is 5.82. The molecule has 20 heavy (non-hydrogen) atoms. The summed E-state index contributed by atoms with van der Waals surface area (Å²) in [7, 11) is 1.57. The average molecular weight is 287 g/mol. The molecule has 1 atom stereocenters. The molecule has 6 heteroatoms. The summed E-state index contributed by atoms with van der Waals surface area (Å²) in [6.45, 7) is 9.26. The summed E-state index contributed by atoms with van der Waals surface area (Å²) < 4.78 is 16.2. The highest BCUT2D eigenvalue weighted by Gasteiger charge is 2.37. The summed E-state index contributed by atoms with van der Waals surface area (Å²) in [5.41, 5.74) is -1.58. The molecule has 1 heterocycles. The zero-order valence-electron chi connectivity index (χ0n) is 13.2. The van der Waals surface area contributed by atoms with Crippen LogP contribution in [0.1, 0.15) is 47.5 Å². The Balaban J connectivity index is 2.66. The highest BCUT2D eigenvalue weighted by Crippen LogP contribution is 2.23. The van der Waals surface area contributed by atoms with Crippen molar-refractivity contribution in [3.63, 3.8) is 0 Å². The van der Waals surface area contributed by atoms with Crippen molar-refractivity contribution in [3.8, 4) is 0 Å². The maximum Gasteiger partial charge on any atom is 0.412 e. The van der Waals surface area contributed by atoms with Gasteiger partial charge in [0.05, 0.1) is 6.61 Å². The monoisotopic (exact) mass is 287 g/mol. The third-order valence-electron chi connectivity index (χ3n) is 2.97. The molecule has 1 rings (SSSR count). The number of Topliss-reactive ketones (excluding diaryl/α,β-unsaturated/α-hetero) is 1. The summed E-state index contributed by atoms with van der Waals surface area (Å²) in [6.07, 6.45) is -0.271. The standard InChI is InChI=1S/C14H25NO5/c1-13(2,3)20-12(17)15(6)14(4,5)19-11-10(16)8-7-9-18-11/h11H,7-9H2,1-6H3/t11-/m0/s1. The van der Waals surface area contributed by atoms with Crippen molar-refractivity contribution >= 4 is 11.9 Å². The Morgan fingerprint density at radius 2 is 1.90 bits per heavy atom. The molecule has 0 aromatic carbocycles. The molecule has 0 unspecified atom stereocenters. The van der Waals surface area contributed by atoms with Crippen LogP contribution in [0.5, 0.6) is 0 Å².